The largest absolute Gasteiger partial charge is 0.497 e. The molecule has 122 valence electrons. The summed E-state index contributed by atoms with van der Waals surface area (Å²) in [5.41, 5.74) is 7.01. The van der Waals surface area contributed by atoms with Crippen molar-refractivity contribution in [2.45, 2.75) is 25.3 Å². The number of nitrogens with zero attached hydrogens (tertiary/aromatic N) is 1. The fourth-order valence-corrected chi connectivity index (χ4v) is 3.12. The second-order valence-electron chi connectivity index (χ2n) is 5.87. The lowest BCUT2D eigenvalue weighted by Gasteiger charge is -2.35. The van der Waals surface area contributed by atoms with Gasteiger partial charge >= 0.3 is 0 Å². The number of hydrogen-bond donors (Lipinski definition) is 1. The molecule has 5 nitrogen and oxygen atoms in total. The highest BCUT2D eigenvalue weighted by atomic mass is 35.5. The second kappa shape index (κ2) is 7.20. The Morgan fingerprint density at radius 1 is 1.45 bits per heavy atom. The van der Waals surface area contributed by atoms with Gasteiger partial charge < -0.3 is 20.1 Å². The van der Waals surface area contributed by atoms with E-state index in [4.69, 9.17) is 15.2 Å². The van der Waals surface area contributed by atoms with Crippen molar-refractivity contribution in [1.29, 1.82) is 0 Å². The first-order valence-electron chi connectivity index (χ1n) is 7.51. The monoisotopic (exact) mass is 326 g/mol. The number of nitrogens with two attached hydrogens (primary N) is 1. The summed E-state index contributed by atoms with van der Waals surface area (Å²) >= 11 is 0. The Balaban J connectivity index is 0.00000176. The highest BCUT2D eigenvalue weighted by molar-refractivity contribution is 5.85. The number of piperidine rings is 1. The van der Waals surface area contributed by atoms with Crippen LogP contribution in [-0.4, -0.2) is 43.7 Å². The molecule has 0 aromatic heterocycles. The maximum absolute atomic E-state index is 12.6. The number of benzene rings is 1. The Hall–Kier alpha value is -1.46. The van der Waals surface area contributed by atoms with E-state index in [9.17, 15) is 4.79 Å². The van der Waals surface area contributed by atoms with E-state index in [0.717, 1.165) is 36.4 Å². The minimum atomic E-state index is -0.116. The molecule has 3 rings (SSSR count). The lowest BCUT2D eigenvalue weighted by Crippen LogP contribution is -2.49. The van der Waals surface area contributed by atoms with Crippen LogP contribution in [-0.2, 0) is 11.2 Å². The molecule has 1 fully saturated rings. The Labute approximate surface area is 137 Å². The summed E-state index contributed by atoms with van der Waals surface area (Å²) in [6.45, 7) is 1.93. The zero-order chi connectivity index (χ0) is 14.8. The van der Waals surface area contributed by atoms with Crippen LogP contribution in [0.3, 0.4) is 0 Å². The van der Waals surface area contributed by atoms with Crippen molar-refractivity contribution in [2.75, 3.05) is 26.8 Å². The molecule has 1 amide bonds. The van der Waals surface area contributed by atoms with Gasteiger partial charge in [0.2, 0.25) is 5.91 Å². The van der Waals surface area contributed by atoms with Gasteiger partial charge in [0.05, 0.1) is 13.0 Å². The van der Waals surface area contributed by atoms with Crippen molar-refractivity contribution >= 4 is 18.3 Å². The molecular weight excluding hydrogens is 304 g/mol. The van der Waals surface area contributed by atoms with Crippen LogP contribution >= 0.6 is 12.4 Å². The Morgan fingerprint density at radius 2 is 2.27 bits per heavy atom. The smallest absolute Gasteiger partial charge is 0.229 e. The maximum atomic E-state index is 12.6. The molecular formula is C16H23ClN2O3. The van der Waals surface area contributed by atoms with Crippen molar-refractivity contribution in [3.63, 3.8) is 0 Å². The quantitative estimate of drug-likeness (QED) is 0.897. The van der Waals surface area contributed by atoms with E-state index in [-0.39, 0.29) is 30.3 Å². The molecule has 0 radical (unpaired) electrons. The van der Waals surface area contributed by atoms with Crippen LogP contribution in [0, 0.1) is 5.92 Å². The molecule has 2 atom stereocenters. The molecule has 0 aliphatic carbocycles. The zero-order valence-corrected chi connectivity index (χ0v) is 13.6. The van der Waals surface area contributed by atoms with Crippen LogP contribution in [0.2, 0.25) is 0 Å². The van der Waals surface area contributed by atoms with Gasteiger partial charge in [-0.15, -0.1) is 12.4 Å². The van der Waals surface area contributed by atoms with Crippen LogP contribution in [0.1, 0.15) is 18.4 Å². The lowest BCUT2D eigenvalue weighted by molar-refractivity contribution is -0.138. The summed E-state index contributed by atoms with van der Waals surface area (Å²) < 4.78 is 11.0. The maximum Gasteiger partial charge on any atom is 0.229 e. The van der Waals surface area contributed by atoms with Crippen molar-refractivity contribution in [2.24, 2.45) is 11.7 Å². The minimum absolute atomic E-state index is 0. The Bertz CT molecular complexity index is 538. The van der Waals surface area contributed by atoms with E-state index >= 15 is 0 Å². The van der Waals surface area contributed by atoms with Gasteiger partial charge in [0.15, 0.2) is 0 Å². The topological polar surface area (TPSA) is 64.8 Å². The third-order valence-corrected chi connectivity index (χ3v) is 4.29. The average molecular weight is 327 g/mol. The molecule has 2 N–H and O–H groups in total. The van der Waals surface area contributed by atoms with Gasteiger partial charge in [-0.3, -0.25) is 4.79 Å². The molecule has 6 heteroatoms. The molecule has 0 bridgehead atoms. The van der Waals surface area contributed by atoms with Crippen molar-refractivity contribution in [1.82, 2.24) is 4.90 Å². The predicted molar refractivity (Wildman–Crippen MR) is 86.7 cm³/mol. The van der Waals surface area contributed by atoms with E-state index in [0.29, 0.717) is 19.6 Å². The molecule has 2 aliphatic heterocycles. The van der Waals surface area contributed by atoms with Gasteiger partial charge in [0.25, 0.3) is 0 Å². The van der Waals surface area contributed by atoms with E-state index in [1.165, 1.54) is 0 Å². The summed E-state index contributed by atoms with van der Waals surface area (Å²) in [5.74, 6) is 1.70. The highest BCUT2D eigenvalue weighted by Gasteiger charge is 2.31. The summed E-state index contributed by atoms with van der Waals surface area (Å²) in [4.78, 5) is 14.5. The van der Waals surface area contributed by atoms with Crippen LogP contribution in [0.15, 0.2) is 18.2 Å². The highest BCUT2D eigenvalue weighted by Crippen LogP contribution is 2.31. The Kier molecular flexibility index (Phi) is 5.53. The Morgan fingerprint density at radius 3 is 3.00 bits per heavy atom. The van der Waals surface area contributed by atoms with Gasteiger partial charge in [-0.2, -0.15) is 0 Å². The van der Waals surface area contributed by atoms with Crippen LogP contribution < -0.4 is 15.2 Å². The van der Waals surface area contributed by atoms with Crippen molar-refractivity contribution in [3.05, 3.63) is 23.8 Å². The molecule has 1 aromatic rings. The van der Waals surface area contributed by atoms with Crippen molar-refractivity contribution < 1.29 is 14.3 Å². The molecule has 1 saturated heterocycles. The summed E-state index contributed by atoms with van der Waals surface area (Å²) in [7, 11) is 1.64. The summed E-state index contributed by atoms with van der Waals surface area (Å²) in [6.07, 6.45) is 2.70. The number of hydrogen-bond acceptors (Lipinski definition) is 4. The first-order valence-corrected chi connectivity index (χ1v) is 7.51. The molecule has 2 heterocycles. The number of amides is 1. The third-order valence-electron chi connectivity index (χ3n) is 4.29. The first-order chi connectivity index (χ1) is 10.2. The fourth-order valence-electron chi connectivity index (χ4n) is 3.12. The molecule has 0 spiro atoms. The predicted octanol–water partition coefficient (Wildman–Crippen LogP) is 1.62. The number of methoxy groups -OCH3 is 1. The molecule has 22 heavy (non-hydrogen) atoms. The number of carbonyl (C=O) groups excluding carboxylic acids is 1. The number of rotatable bonds is 2. The lowest BCUT2D eigenvalue weighted by atomic mass is 9.94. The van der Waals surface area contributed by atoms with Crippen LogP contribution in [0.25, 0.3) is 0 Å². The number of carbonyl (C=O) groups is 1. The summed E-state index contributed by atoms with van der Waals surface area (Å²) in [6, 6.07) is 5.85. The van der Waals surface area contributed by atoms with Gasteiger partial charge in [0.1, 0.15) is 18.1 Å². The van der Waals surface area contributed by atoms with Crippen LogP contribution in [0.4, 0.5) is 0 Å². The number of fused-ring (bicyclic) bond motifs is 1. The SMILES string of the molecule is COc1ccc2c(c1)CC(C(=O)N1CCCC(N)C1)CO2.Cl. The normalized spacial score (nSPS) is 23.8. The number of halogens is 1. The number of likely N-dealkylation sites (tertiary alicyclic amines) is 1. The van der Waals surface area contributed by atoms with E-state index < -0.39 is 0 Å². The fraction of sp³-hybridized carbons (Fsp3) is 0.562. The minimum Gasteiger partial charge on any atom is -0.497 e. The molecule has 1 aromatic carbocycles. The average Bonchev–Trinajstić information content (AvgIpc) is 2.53. The van der Waals surface area contributed by atoms with E-state index in [1.807, 2.05) is 23.1 Å². The van der Waals surface area contributed by atoms with Crippen molar-refractivity contribution in [3.8, 4) is 11.5 Å². The molecule has 2 aliphatic rings. The van der Waals surface area contributed by atoms with Crippen LogP contribution in [0.5, 0.6) is 11.5 Å². The van der Waals surface area contributed by atoms with E-state index in [2.05, 4.69) is 0 Å². The molecule has 0 saturated carbocycles. The van der Waals surface area contributed by atoms with Gasteiger partial charge in [-0.05, 0) is 43.0 Å². The van der Waals surface area contributed by atoms with Gasteiger partial charge in [-0.25, -0.2) is 0 Å². The standard InChI is InChI=1S/C16H22N2O3.ClH/c1-20-14-4-5-15-11(8-14)7-12(10-21-15)16(19)18-6-2-3-13(17)9-18;/h4-5,8,12-13H,2-3,6-7,9-10,17H2,1H3;1H. The summed E-state index contributed by atoms with van der Waals surface area (Å²) in [5, 5.41) is 0. The molecule has 2 unspecified atom stereocenters. The first kappa shape index (κ1) is 16.9. The third kappa shape index (κ3) is 3.47. The number of ether oxygens (including phenoxy) is 2. The second-order valence-corrected chi connectivity index (χ2v) is 5.87. The van der Waals surface area contributed by atoms with Gasteiger partial charge in [0, 0.05) is 19.1 Å². The zero-order valence-electron chi connectivity index (χ0n) is 12.8. The van der Waals surface area contributed by atoms with E-state index in [1.54, 1.807) is 7.11 Å². The van der Waals surface area contributed by atoms with Gasteiger partial charge in [-0.1, -0.05) is 0 Å².